The molecule has 184 valence electrons. The fourth-order valence-electron chi connectivity index (χ4n) is 2.03. The Hall–Kier alpha value is -5.52. The first kappa shape index (κ1) is 28.5. The molecule has 12 nitrogen and oxygen atoms in total. The normalized spacial score (nSPS) is 8.89. The molecule has 0 aromatic carbocycles. The van der Waals surface area contributed by atoms with Crippen molar-refractivity contribution >= 4 is 23.6 Å². The van der Waals surface area contributed by atoms with Gasteiger partial charge >= 0.3 is 0 Å². The van der Waals surface area contributed by atoms with Crippen molar-refractivity contribution < 1.29 is 19.2 Å². The van der Waals surface area contributed by atoms with E-state index in [0.717, 1.165) is 0 Å². The number of amides is 4. The van der Waals surface area contributed by atoms with E-state index < -0.39 is 23.6 Å². The van der Waals surface area contributed by atoms with Gasteiger partial charge in [0.15, 0.2) is 0 Å². The van der Waals surface area contributed by atoms with Gasteiger partial charge in [-0.1, -0.05) is 12.1 Å². The van der Waals surface area contributed by atoms with Crippen molar-refractivity contribution in [3.63, 3.8) is 0 Å². The van der Waals surface area contributed by atoms with E-state index in [9.17, 15) is 19.2 Å². The predicted octanol–water partition coefficient (Wildman–Crippen LogP) is 0.722. The molecule has 4 amide bonds. The van der Waals surface area contributed by atoms with Crippen LogP contribution in [0.15, 0.2) is 97.8 Å². The maximum Gasteiger partial charge on any atom is 0.267 e. The maximum absolute atomic E-state index is 10.4. The first-order chi connectivity index (χ1) is 17.2. The van der Waals surface area contributed by atoms with Crippen LogP contribution in [0.4, 0.5) is 0 Å². The number of rotatable bonds is 4. The van der Waals surface area contributed by atoms with E-state index >= 15 is 0 Å². The number of hydrogen-bond acceptors (Lipinski definition) is 8. The molecular formula is C24H24N8O4. The molecule has 4 rings (SSSR count). The molecule has 4 heterocycles. The summed E-state index contributed by atoms with van der Waals surface area (Å²) in [7, 11) is 0. The van der Waals surface area contributed by atoms with Crippen molar-refractivity contribution in [2.45, 2.75) is 0 Å². The summed E-state index contributed by atoms with van der Waals surface area (Å²) in [5.41, 5.74) is 21.2. The third-order valence-corrected chi connectivity index (χ3v) is 3.73. The number of nitrogens with zero attached hydrogens (tertiary/aromatic N) is 4. The van der Waals surface area contributed by atoms with Crippen LogP contribution < -0.4 is 22.9 Å². The molecule has 0 saturated carbocycles. The van der Waals surface area contributed by atoms with Crippen molar-refractivity contribution in [3.8, 4) is 0 Å². The molecule has 0 aliphatic heterocycles. The van der Waals surface area contributed by atoms with E-state index in [4.69, 9.17) is 22.9 Å². The zero-order chi connectivity index (χ0) is 26.8. The molecule has 0 atom stereocenters. The highest BCUT2D eigenvalue weighted by Gasteiger charge is 1.97. The molecule has 0 bridgehead atoms. The average molecular weight is 489 g/mol. The standard InChI is InChI=1S/4C6H6N2O/c2*7-6(9)5-2-1-3-8-4-5;2*7-6(9)5-3-1-2-4-8-5/h4*1-4H,(H2,7,9). The maximum atomic E-state index is 10.4. The Balaban J connectivity index is 0.000000240. The third kappa shape index (κ3) is 11.9. The molecule has 8 N–H and O–H groups in total. The van der Waals surface area contributed by atoms with E-state index in [1.54, 1.807) is 73.1 Å². The number of hydrogen-bond donors (Lipinski definition) is 4. The molecular weight excluding hydrogens is 464 g/mol. The second-order valence-electron chi connectivity index (χ2n) is 6.37. The van der Waals surface area contributed by atoms with Crippen LogP contribution in [0.3, 0.4) is 0 Å². The zero-order valence-electron chi connectivity index (χ0n) is 19.0. The van der Waals surface area contributed by atoms with Crippen LogP contribution in [-0.4, -0.2) is 43.6 Å². The highest BCUT2D eigenvalue weighted by atomic mass is 16.2. The van der Waals surface area contributed by atoms with Crippen LogP contribution in [0, 0.1) is 0 Å². The molecule has 4 aromatic heterocycles. The quantitative estimate of drug-likeness (QED) is 0.319. The summed E-state index contributed by atoms with van der Waals surface area (Å²) in [5.74, 6) is -1.86. The van der Waals surface area contributed by atoms with Gasteiger partial charge in [0.2, 0.25) is 11.8 Å². The second kappa shape index (κ2) is 16.1. The largest absolute Gasteiger partial charge is 0.366 e. The fourth-order valence-corrected chi connectivity index (χ4v) is 2.03. The lowest BCUT2D eigenvalue weighted by molar-refractivity contribution is 0.0987. The molecule has 0 aliphatic carbocycles. The summed E-state index contributed by atoms with van der Waals surface area (Å²) in [4.78, 5) is 56.3. The van der Waals surface area contributed by atoms with Crippen molar-refractivity contribution in [3.05, 3.63) is 120 Å². The van der Waals surface area contributed by atoms with E-state index in [1.165, 1.54) is 24.8 Å². The van der Waals surface area contributed by atoms with Gasteiger partial charge in [0.25, 0.3) is 11.8 Å². The summed E-state index contributed by atoms with van der Waals surface area (Å²) in [6, 6.07) is 16.6. The Bertz CT molecular complexity index is 1030. The van der Waals surface area contributed by atoms with Crippen LogP contribution in [-0.2, 0) is 0 Å². The van der Waals surface area contributed by atoms with Gasteiger partial charge in [-0.05, 0) is 48.5 Å². The first-order valence-electron chi connectivity index (χ1n) is 10.0. The van der Waals surface area contributed by atoms with Gasteiger partial charge in [-0.2, -0.15) is 0 Å². The zero-order valence-corrected chi connectivity index (χ0v) is 19.0. The summed E-state index contributed by atoms with van der Waals surface area (Å²) in [6.07, 6.45) is 9.10. The van der Waals surface area contributed by atoms with Crippen molar-refractivity contribution in [1.29, 1.82) is 0 Å². The highest BCUT2D eigenvalue weighted by Crippen LogP contribution is 1.92. The molecule has 0 aliphatic rings. The van der Waals surface area contributed by atoms with Crippen LogP contribution >= 0.6 is 0 Å². The number of aromatic nitrogens is 4. The third-order valence-electron chi connectivity index (χ3n) is 3.73. The minimum atomic E-state index is -0.490. The predicted molar refractivity (Wildman–Crippen MR) is 131 cm³/mol. The van der Waals surface area contributed by atoms with Gasteiger partial charge in [-0.15, -0.1) is 0 Å². The lowest BCUT2D eigenvalue weighted by Gasteiger charge is -1.88. The highest BCUT2D eigenvalue weighted by molar-refractivity contribution is 5.93. The van der Waals surface area contributed by atoms with Gasteiger partial charge in [0.1, 0.15) is 11.4 Å². The average Bonchev–Trinajstić information content (AvgIpc) is 2.92. The van der Waals surface area contributed by atoms with E-state index in [0.29, 0.717) is 22.5 Å². The minimum Gasteiger partial charge on any atom is -0.366 e. The second-order valence-corrected chi connectivity index (χ2v) is 6.37. The minimum absolute atomic E-state index is 0.303. The molecule has 0 radical (unpaired) electrons. The van der Waals surface area contributed by atoms with Gasteiger partial charge < -0.3 is 22.9 Å². The van der Waals surface area contributed by atoms with Crippen LogP contribution in [0.1, 0.15) is 41.7 Å². The Labute approximate surface area is 206 Å². The van der Waals surface area contributed by atoms with Crippen LogP contribution in [0.5, 0.6) is 0 Å². The smallest absolute Gasteiger partial charge is 0.267 e. The van der Waals surface area contributed by atoms with E-state index in [-0.39, 0.29) is 0 Å². The summed E-state index contributed by atoms with van der Waals surface area (Å²) >= 11 is 0. The molecule has 0 saturated heterocycles. The number of nitrogens with two attached hydrogens (primary N) is 4. The van der Waals surface area contributed by atoms with E-state index in [2.05, 4.69) is 19.9 Å². The number of primary amides is 4. The molecule has 0 spiro atoms. The summed E-state index contributed by atoms with van der Waals surface area (Å²) in [6.45, 7) is 0. The SMILES string of the molecule is NC(=O)c1ccccn1.NC(=O)c1ccccn1.NC(=O)c1cccnc1.NC(=O)c1cccnc1. The van der Waals surface area contributed by atoms with Crippen LogP contribution in [0.25, 0.3) is 0 Å². The van der Waals surface area contributed by atoms with Gasteiger partial charge in [0.05, 0.1) is 11.1 Å². The number of carbonyl (C=O) groups excluding carboxylic acids is 4. The molecule has 12 heteroatoms. The van der Waals surface area contributed by atoms with Crippen LogP contribution in [0.2, 0.25) is 0 Å². The molecule has 0 unspecified atom stereocenters. The fraction of sp³-hybridized carbons (Fsp3) is 0. The Kier molecular flexibility index (Phi) is 12.8. The van der Waals surface area contributed by atoms with Gasteiger partial charge in [-0.25, -0.2) is 0 Å². The Morgan fingerprint density at radius 3 is 1.03 bits per heavy atom. The first-order valence-corrected chi connectivity index (χ1v) is 10.0. The van der Waals surface area contributed by atoms with E-state index in [1.807, 2.05) is 0 Å². The van der Waals surface area contributed by atoms with Gasteiger partial charge in [0, 0.05) is 37.2 Å². The monoisotopic (exact) mass is 488 g/mol. The van der Waals surface area contributed by atoms with Crippen molar-refractivity contribution in [1.82, 2.24) is 19.9 Å². The number of pyridine rings is 4. The molecule has 36 heavy (non-hydrogen) atoms. The molecule has 4 aromatic rings. The number of carbonyl (C=O) groups is 4. The van der Waals surface area contributed by atoms with Gasteiger partial charge in [-0.3, -0.25) is 39.1 Å². The molecule has 0 fully saturated rings. The lowest BCUT2D eigenvalue weighted by atomic mass is 10.3. The van der Waals surface area contributed by atoms with Crippen molar-refractivity contribution in [2.75, 3.05) is 0 Å². The summed E-state index contributed by atoms with van der Waals surface area (Å²) < 4.78 is 0. The topological polar surface area (TPSA) is 224 Å². The Morgan fingerprint density at radius 1 is 0.472 bits per heavy atom. The Morgan fingerprint density at radius 2 is 0.861 bits per heavy atom. The summed E-state index contributed by atoms with van der Waals surface area (Å²) in [5, 5.41) is 0. The lowest BCUT2D eigenvalue weighted by Crippen LogP contribution is -2.12. The van der Waals surface area contributed by atoms with Crippen molar-refractivity contribution in [2.24, 2.45) is 22.9 Å².